The van der Waals surface area contributed by atoms with E-state index in [1.54, 1.807) is 0 Å². The monoisotopic (exact) mass is 227 g/mol. The summed E-state index contributed by atoms with van der Waals surface area (Å²) >= 11 is 0. The van der Waals surface area contributed by atoms with E-state index < -0.39 is 0 Å². The minimum atomic E-state index is -0.0858. The van der Waals surface area contributed by atoms with Crippen molar-refractivity contribution < 1.29 is 0 Å². The quantitative estimate of drug-likeness (QED) is 0.877. The molecule has 0 aliphatic carbocycles. The zero-order valence-electron chi connectivity index (χ0n) is 10.2. The summed E-state index contributed by atoms with van der Waals surface area (Å²) in [6, 6.07) is 12.0. The Kier molecular flexibility index (Phi) is 3.49. The molecular weight excluding hydrogens is 210 g/mol. The summed E-state index contributed by atoms with van der Waals surface area (Å²) in [7, 11) is 0. The molecule has 88 valence electrons. The lowest BCUT2D eigenvalue weighted by Gasteiger charge is -2.10. The molecule has 0 fully saturated rings. The van der Waals surface area contributed by atoms with Gasteiger partial charge >= 0.3 is 0 Å². The Morgan fingerprint density at radius 3 is 2.53 bits per heavy atom. The van der Waals surface area contributed by atoms with E-state index in [9.17, 15) is 0 Å². The fourth-order valence-corrected chi connectivity index (χ4v) is 1.70. The van der Waals surface area contributed by atoms with Gasteiger partial charge in [0.05, 0.1) is 11.7 Å². The number of aryl methyl sites for hydroxylation is 1. The average molecular weight is 227 g/mol. The van der Waals surface area contributed by atoms with Gasteiger partial charge in [0.1, 0.15) is 5.82 Å². The van der Waals surface area contributed by atoms with Gasteiger partial charge in [0.25, 0.3) is 0 Å². The number of nitrogens with two attached hydrogens (primary N) is 1. The van der Waals surface area contributed by atoms with E-state index in [-0.39, 0.29) is 6.04 Å². The summed E-state index contributed by atoms with van der Waals surface area (Å²) in [5, 5.41) is 0. The van der Waals surface area contributed by atoms with Crippen molar-refractivity contribution >= 4 is 0 Å². The van der Waals surface area contributed by atoms with Gasteiger partial charge in [-0.15, -0.1) is 0 Å². The van der Waals surface area contributed by atoms with Crippen LogP contribution in [-0.2, 0) is 0 Å². The van der Waals surface area contributed by atoms with Crippen LogP contribution in [0, 0.1) is 6.92 Å². The van der Waals surface area contributed by atoms with Crippen LogP contribution in [0.3, 0.4) is 0 Å². The summed E-state index contributed by atoms with van der Waals surface area (Å²) in [6.07, 6.45) is 0.845. The minimum Gasteiger partial charge on any atom is -0.321 e. The smallest absolute Gasteiger partial charge is 0.145 e. The van der Waals surface area contributed by atoms with Crippen molar-refractivity contribution in [2.75, 3.05) is 0 Å². The van der Waals surface area contributed by atoms with Crippen molar-refractivity contribution in [3.63, 3.8) is 0 Å². The predicted molar refractivity (Wildman–Crippen MR) is 69.4 cm³/mol. The summed E-state index contributed by atoms with van der Waals surface area (Å²) in [5.41, 5.74) is 8.98. The van der Waals surface area contributed by atoms with E-state index >= 15 is 0 Å². The van der Waals surface area contributed by atoms with E-state index in [1.807, 2.05) is 50.2 Å². The molecule has 2 aromatic rings. The Morgan fingerprint density at radius 1 is 1.18 bits per heavy atom. The largest absolute Gasteiger partial charge is 0.321 e. The van der Waals surface area contributed by atoms with E-state index in [4.69, 9.17) is 5.73 Å². The molecule has 0 spiro atoms. The molecule has 0 bridgehead atoms. The maximum atomic E-state index is 5.99. The molecule has 2 rings (SSSR count). The van der Waals surface area contributed by atoms with Gasteiger partial charge in [-0.3, -0.25) is 0 Å². The van der Waals surface area contributed by atoms with E-state index in [1.165, 1.54) is 0 Å². The molecule has 1 unspecified atom stereocenters. The third kappa shape index (κ3) is 2.68. The second-order valence-corrected chi connectivity index (χ2v) is 4.13. The predicted octanol–water partition coefficient (Wildman–Crippen LogP) is 2.86. The lowest BCUT2D eigenvalue weighted by Crippen LogP contribution is -2.13. The van der Waals surface area contributed by atoms with Gasteiger partial charge in [-0.05, 0) is 19.4 Å². The molecule has 3 heteroatoms. The third-order valence-corrected chi connectivity index (χ3v) is 2.71. The molecule has 0 saturated heterocycles. The molecule has 0 aliphatic heterocycles. The van der Waals surface area contributed by atoms with Crippen LogP contribution in [0.5, 0.6) is 0 Å². The van der Waals surface area contributed by atoms with Gasteiger partial charge in [0, 0.05) is 11.3 Å². The average Bonchev–Trinajstić information content (AvgIpc) is 2.38. The van der Waals surface area contributed by atoms with Crippen LogP contribution < -0.4 is 5.73 Å². The van der Waals surface area contributed by atoms with Crippen LogP contribution in [0.1, 0.15) is 30.9 Å². The van der Waals surface area contributed by atoms with Gasteiger partial charge in [-0.25, -0.2) is 9.97 Å². The molecule has 1 atom stereocenters. The van der Waals surface area contributed by atoms with Crippen molar-refractivity contribution in [2.45, 2.75) is 26.3 Å². The lowest BCUT2D eigenvalue weighted by molar-refractivity contribution is 0.646. The van der Waals surface area contributed by atoms with E-state index in [2.05, 4.69) is 9.97 Å². The molecule has 1 aromatic carbocycles. The molecule has 3 nitrogen and oxygen atoms in total. The number of aromatic nitrogens is 2. The highest BCUT2D eigenvalue weighted by Crippen LogP contribution is 2.19. The second-order valence-electron chi connectivity index (χ2n) is 4.13. The fourth-order valence-electron chi connectivity index (χ4n) is 1.70. The van der Waals surface area contributed by atoms with Crippen LogP contribution in [0.25, 0.3) is 11.3 Å². The molecule has 0 aliphatic rings. The van der Waals surface area contributed by atoms with E-state index in [0.717, 1.165) is 29.2 Å². The molecule has 17 heavy (non-hydrogen) atoms. The molecule has 0 radical (unpaired) electrons. The topological polar surface area (TPSA) is 51.8 Å². The Balaban J connectivity index is 2.45. The van der Waals surface area contributed by atoms with Crippen LogP contribution >= 0.6 is 0 Å². The maximum absolute atomic E-state index is 5.99. The van der Waals surface area contributed by atoms with Gasteiger partial charge < -0.3 is 5.73 Å². The highest BCUT2D eigenvalue weighted by Gasteiger charge is 2.09. The summed E-state index contributed by atoms with van der Waals surface area (Å²) in [4.78, 5) is 8.93. The maximum Gasteiger partial charge on any atom is 0.145 e. The molecule has 0 saturated carbocycles. The van der Waals surface area contributed by atoms with Crippen LogP contribution in [-0.4, -0.2) is 9.97 Å². The van der Waals surface area contributed by atoms with Gasteiger partial charge in [0.15, 0.2) is 0 Å². The van der Waals surface area contributed by atoms with Crippen molar-refractivity contribution in [3.8, 4) is 11.3 Å². The first kappa shape index (κ1) is 11.7. The SMILES string of the molecule is CCC(N)c1nc(C)cc(-c2ccccc2)n1. The zero-order valence-corrected chi connectivity index (χ0v) is 10.2. The second kappa shape index (κ2) is 5.06. The number of rotatable bonds is 3. The molecule has 2 N–H and O–H groups in total. The highest BCUT2D eigenvalue weighted by molar-refractivity contribution is 5.59. The number of nitrogens with zero attached hydrogens (tertiary/aromatic N) is 2. The summed E-state index contributed by atoms with van der Waals surface area (Å²) < 4.78 is 0. The van der Waals surface area contributed by atoms with Crippen molar-refractivity contribution in [3.05, 3.63) is 47.9 Å². The number of hydrogen-bond donors (Lipinski definition) is 1. The Labute approximate surface area is 102 Å². The van der Waals surface area contributed by atoms with Crippen molar-refractivity contribution in [1.82, 2.24) is 9.97 Å². The Hall–Kier alpha value is -1.74. The standard InChI is InChI=1S/C14H17N3/c1-3-12(15)14-16-10(2)9-13(17-14)11-7-5-4-6-8-11/h4-9,12H,3,15H2,1-2H3. The molecular formula is C14H17N3. The molecule has 1 heterocycles. The van der Waals surface area contributed by atoms with Gasteiger partial charge in [-0.2, -0.15) is 0 Å². The van der Waals surface area contributed by atoms with Crippen LogP contribution in [0.15, 0.2) is 36.4 Å². The number of benzene rings is 1. The first-order valence-corrected chi connectivity index (χ1v) is 5.87. The van der Waals surface area contributed by atoms with E-state index in [0.29, 0.717) is 0 Å². The van der Waals surface area contributed by atoms with Gasteiger partial charge in [-0.1, -0.05) is 37.3 Å². The highest BCUT2D eigenvalue weighted by atomic mass is 14.9. The van der Waals surface area contributed by atoms with Crippen molar-refractivity contribution in [1.29, 1.82) is 0 Å². The Bertz CT molecular complexity index is 494. The summed E-state index contributed by atoms with van der Waals surface area (Å²) in [6.45, 7) is 4.01. The fraction of sp³-hybridized carbons (Fsp3) is 0.286. The Morgan fingerprint density at radius 2 is 1.88 bits per heavy atom. The number of hydrogen-bond acceptors (Lipinski definition) is 3. The third-order valence-electron chi connectivity index (χ3n) is 2.71. The lowest BCUT2D eigenvalue weighted by atomic mass is 10.1. The zero-order chi connectivity index (χ0) is 12.3. The molecule has 1 aromatic heterocycles. The van der Waals surface area contributed by atoms with Crippen LogP contribution in [0.2, 0.25) is 0 Å². The first-order chi connectivity index (χ1) is 8.20. The van der Waals surface area contributed by atoms with Crippen LogP contribution in [0.4, 0.5) is 0 Å². The minimum absolute atomic E-state index is 0.0858. The first-order valence-electron chi connectivity index (χ1n) is 5.87. The normalized spacial score (nSPS) is 12.4. The molecule has 0 amide bonds. The summed E-state index contributed by atoms with van der Waals surface area (Å²) in [5.74, 6) is 0.728. The van der Waals surface area contributed by atoms with Gasteiger partial charge in [0.2, 0.25) is 0 Å². The van der Waals surface area contributed by atoms with Crippen molar-refractivity contribution in [2.24, 2.45) is 5.73 Å².